The van der Waals surface area contributed by atoms with Crippen LogP contribution < -0.4 is 15.8 Å². The van der Waals surface area contributed by atoms with E-state index in [0.717, 1.165) is 11.3 Å². The fourth-order valence-electron chi connectivity index (χ4n) is 1.41. The highest BCUT2D eigenvalue weighted by Gasteiger charge is 2.16. The van der Waals surface area contributed by atoms with Crippen LogP contribution in [0.1, 0.15) is 18.5 Å². The van der Waals surface area contributed by atoms with E-state index in [4.69, 9.17) is 10.5 Å². The second kappa shape index (κ2) is 5.36. The number of rotatable bonds is 5. The number of nitrogens with two attached hydrogens (primary N) is 1. The van der Waals surface area contributed by atoms with E-state index in [1.54, 1.807) is 13.2 Å². The molecule has 0 heterocycles. The molecule has 0 saturated carbocycles. The number of likely N-dealkylation sites (N-methyl/N-ethyl adjacent to an activating group) is 1. The molecule has 4 heteroatoms. The zero-order chi connectivity index (χ0) is 11.3. The van der Waals surface area contributed by atoms with Gasteiger partial charge in [0.1, 0.15) is 11.8 Å². The molecule has 3 N–H and O–H groups in total. The number of hydrogen-bond donors (Lipinski definition) is 2. The molecule has 0 aliphatic carbocycles. The average molecular weight is 208 g/mol. The summed E-state index contributed by atoms with van der Waals surface area (Å²) in [5.74, 6) is 0.335. The standard InChI is InChI=1S/C11H16N2O2/c1-3-13-10(11(12)14)8-5-4-6-9(7-8)15-2/h4-7,10,13H,3H2,1-2H3,(H2,12,14). The first kappa shape index (κ1) is 11.5. The van der Waals surface area contributed by atoms with Crippen LogP contribution in [0.4, 0.5) is 0 Å². The van der Waals surface area contributed by atoms with Crippen LogP contribution in [0.5, 0.6) is 5.75 Å². The van der Waals surface area contributed by atoms with E-state index in [-0.39, 0.29) is 5.91 Å². The number of hydrogen-bond acceptors (Lipinski definition) is 3. The number of amides is 1. The van der Waals surface area contributed by atoms with Gasteiger partial charge < -0.3 is 15.8 Å². The highest BCUT2D eigenvalue weighted by atomic mass is 16.5. The molecule has 0 radical (unpaired) electrons. The monoisotopic (exact) mass is 208 g/mol. The summed E-state index contributed by atoms with van der Waals surface area (Å²) in [6.45, 7) is 2.61. The first-order valence-corrected chi connectivity index (χ1v) is 4.85. The van der Waals surface area contributed by atoms with Gasteiger partial charge in [0.25, 0.3) is 0 Å². The van der Waals surface area contributed by atoms with Crippen LogP contribution in [0.15, 0.2) is 24.3 Å². The van der Waals surface area contributed by atoms with Gasteiger partial charge in [-0.1, -0.05) is 19.1 Å². The minimum atomic E-state index is -0.454. The number of primary amides is 1. The Labute approximate surface area is 89.4 Å². The van der Waals surface area contributed by atoms with Crippen molar-refractivity contribution in [3.63, 3.8) is 0 Å². The van der Waals surface area contributed by atoms with Crippen LogP contribution in [-0.4, -0.2) is 19.6 Å². The van der Waals surface area contributed by atoms with Gasteiger partial charge in [-0.25, -0.2) is 0 Å². The van der Waals surface area contributed by atoms with Gasteiger partial charge in [-0.3, -0.25) is 4.79 Å². The van der Waals surface area contributed by atoms with Gasteiger partial charge in [0, 0.05) is 0 Å². The van der Waals surface area contributed by atoms with E-state index < -0.39 is 6.04 Å². The zero-order valence-electron chi connectivity index (χ0n) is 8.99. The predicted molar refractivity (Wildman–Crippen MR) is 58.6 cm³/mol. The number of carbonyl (C=O) groups excluding carboxylic acids is 1. The van der Waals surface area contributed by atoms with Crippen LogP contribution in [0.25, 0.3) is 0 Å². The summed E-state index contributed by atoms with van der Waals surface area (Å²) < 4.78 is 5.08. The predicted octanol–water partition coefficient (Wildman–Crippen LogP) is 0.831. The van der Waals surface area contributed by atoms with Crippen LogP contribution in [0.3, 0.4) is 0 Å². The van der Waals surface area contributed by atoms with E-state index in [1.807, 2.05) is 25.1 Å². The van der Waals surface area contributed by atoms with E-state index in [2.05, 4.69) is 5.32 Å². The number of methoxy groups -OCH3 is 1. The highest BCUT2D eigenvalue weighted by Crippen LogP contribution is 2.18. The zero-order valence-corrected chi connectivity index (χ0v) is 8.99. The lowest BCUT2D eigenvalue weighted by Crippen LogP contribution is -2.33. The molecule has 0 aliphatic heterocycles. The van der Waals surface area contributed by atoms with Gasteiger partial charge in [0.2, 0.25) is 5.91 Å². The van der Waals surface area contributed by atoms with Gasteiger partial charge in [-0.05, 0) is 24.2 Å². The lowest BCUT2D eigenvalue weighted by molar-refractivity contribution is -0.120. The Kier molecular flexibility index (Phi) is 4.12. The molecule has 4 nitrogen and oxygen atoms in total. The SMILES string of the molecule is CCNC(C(N)=O)c1cccc(OC)c1. The van der Waals surface area contributed by atoms with E-state index in [1.165, 1.54) is 0 Å². The summed E-state index contributed by atoms with van der Waals surface area (Å²) >= 11 is 0. The molecule has 0 aromatic heterocycles. The molecule has 15 heavy (non-hydrogen) atoms. The number of benzene rings is 1. The Morgan fingerprint density at radius 3 is 2.87 bits per heavy atom. The van der Waals surface area contributed by atoms with Crippen molar-refractivity contribution >= 4 is 5.91 Å². The molecule has 1 aromatic carbocycles. The van der Waals surface area contributed by atoms with Crippen molar-refractivity contribution in [1.82, 2.24) is 5.32 Å². The van der Waals surface area contributed by atoms with Crippen molar-refractivity contribution in [3.05, 3.63) is 29.8 Å². The molecule has 1 unspecified atom stereocenters. The lowest BCUT2D eigenvalue weighted by Gasteiger charge is -2.15. The van der Waals surface area contributed by atoms with Gasteiger partial charge in [-0.2, -0.15) is 0 Å². The molecule has 1 atom stereocenters. The van der Waals surface area contributed by atoms with E-state index in [0.29, 0.717) is 6.54 Å². The van der Waals surface area contributed by atoms with Crippen molar-refractivity contribution in [1.29, 1.82) is 0 Å². The molecular formula is C11H16N2O2. The minimum absolute atomic E-state index is 0.384. The Hall–Kier alpha value is -1.55. The van der Waals surface area contributed by atoms with Crippen LogP contribution in [0, 0.1) is 0 Å². The first-order chi connectivity index (χ1) is 7.19. The quantitative estimate of drug-likeness (QED) is 0.753. The lowest BCUT2D eigenvalue weighted by atomic mass is 10.1. The van der Waals surface area contributed by atoms with Gasteiger partial charge >= 0.3 is 0 Å². The molecule has 82 valence electrons. The second-order valence-electron chi connectivity index (χ2n) is 3.17. The molecule has 0 aliphatic rings. The van der Waals surface area contributed by atoms with Crippen molar-refractivity contribution in [3.8, 4) is 5.75 Å². The fraction of sp³-hybridized carbons (Fsp3) is 0.364. The minimum Gasteiger partial charge on any atom is -0.497 e. The molecule has 0 spiro atoms. The summed E-state index contributed by atoms with van der Waals surface area (Å²) in [5.41, 5.74) is 6.13. The molecule has 1 aromatic rings. The summed E-state index contributed by atoms with van der Waals surface area (Å²) in [6.07, 6.45) is 0. The van der Waals surface area contributed by atoms with Crippen molar-refractivity contribution in [2.75, 3.05) is 13.7 Å². The van der Waals surface area contributed by atoms with E-state index in [9.17, 15) is 4.79 Å². The third-order valence-electron chi connectivity index (χ3n) is 2.12. The molecule has 1 amide bonds. The fourth-order valence-corrected chi connectivity index (χ4v) is 1.41. The van der Waals surface area contributed by atoms with Crippen LogP contribution in [-0.2, 0) is 4.79 Å². The van der Waals surface area contributed by atoms with Crippen molar-refractivity contribution in [2.24, 2.45) is 5.73 Å². The third-order valence-corrected chi connectivity index (χ3v) is 2.12. The number of carbonyl (C=O) groups is 1. The molecule has 0 fully saturated rings. The summed E-state index contributed by atoms with van der Waals surface area (Å²) in [4.78, 5) is 11.2. The third kappa shape index (κ3) is 2.95. The first-order valence-electron chi connectivity index (χ1n) is 4.85. The topological polar surface area (TPSA) is 64.3 Å². The molecule has 0 bridgehead atoms. The smallest absolute Gasteiger partial charge is 0.239 e. The maximum absolute atomic E-state index is 11.2. The van der Waals surface area contributed by atoms with Crippen molar-refractivity contribution in [2.45, 2.75) is 13.0 Å². The molecule has 0 saturated heterocycles. The largest absolute Gasteiger partial charge is 0.497 e. The van der Waals surface area contributed by atoms with Crippen LogP contribution >= 0.6 is 0 Å². The van der Waals surface area contributed by atoms with Crippen LogP contribution in [0.2, 0.25) is 0 Å². The van der Waals surface area contributed by atoms with Crippen molar-refractivity contribution < 1.29 is 9.53 Å². The van der Waals surface area contributed by atoms with Gasteiger partial charge in [0.05, 0.1) is 7.11 Å². The maximum Gasteiger partial charge on any atom is 0.239 e. The Bertz CT molecular complexity index is 339. The molecule has 1 rings (SSSR count). The summed E-state index contributed by atoms with van der Waals surface area (Å²) in [7, 11) is 1.59. The Morgan fingerprint density at radius 2 is 2.33 bits per heavy atom. The second-order valence-corrected chi connectivity index (χ2v) is 3.17. The number of nitrogens with one attached hydrogen (secondary N) is 1. The maximum atomic E-state index is 11.2. The van der Waals surface area contributed by atoms with Gasteiger partial charge in [0.15, 0.2) is 0 Å². The van der Waals surface area contributed by atoms with Gasteiger partial charge in [-0.15, -0.1) is 0 Å². The molecular weight excluding hydrogens is 192 g/mol. The van der Waals surface area contributed by atoms with E-state index >= 15 is 0 Å². The highest BCUT2D eigenvalue weighted by molar-refractivity contribution is 5.81. The number of ether oxygens (including phenoxy) is 1. The summed E-state index contributed by atoms with van der Waals surface area (Å²) in [6, 6.07) is 6.86. The normalized spacial score (nSPS) is 12.1. The Balaban J connectivity index is 2.94. The Morgan fingerprint density at radius 1 is 1.60 bits per heavy atom. The average Bonchev–Trinajstić information content (AvgIpc) is 2.25. The summed E-state index contributed by atoms with van der Waals surface area (Å²) in [5, 5.41) is 3.02.